The minimum atomic E-state index is -0.401. The van der Waals surface area contributed by atoms with Gasteiger partial charge in [0.25, 0.3) is 0 Å². The normalized spacial score (nSPS) is 19.2. The largest absolute Gasteiger partial charge is 0.494 e. The Labute approximate surface area is 147 Å². The maximum Gasteiger partial charge on any atom is 0.494 e. The van der Waals surface area contributed by atoms with Crippen LogP contribution in [0.3, 0.4) is 0 Å². The highest BCUT2D eigenvalue weighted by Crippen LogP contribution is 2.41. The van der Waals surface area contributed by atoms with Gasteiger partial charge >= 0.3 is 7.12 Å². The molecule has 2 aromatic carbocycles. The molecule has 3 aromatic rings. The molecular formula is C20H21BO2S. The van der Waals surface area contributed by atoms with E-state index in [2.05, 4.69) is 76.7 Å². The molecule has 2 nitrogen and oxygen atoms in total. The van der Waals surface area contributed by atoms with Crippen molar-refractivity contribution in [2.45, 2.75) is 38.9 Å². The molecule has 1 aliphatic rings. The van der Waals surface area contributed by atoms with Crippen molar-refractivity contribution >= 4 is 44.1 Å². The number of hydrogen-bond acceptors (Lipinski definition) is 3. The molecule has 0 aliphatic carbocycles. The van der Waals surface area contributed by atoms with E-state index in [1.54, 1.807) is 0 Å². The zero-order valence-corrected chi connectivity index (χ0v) is 15.4. The van der Waals surface area contributed by atoms with Crippen LogP contribution in [0, 0.1) is 0 Å². The molecule has 0 saturated carbocycles. The van der Waals surface area contributed by atoms with Gasteiger partial charge in [-0.05, 0) is 50.9 Å². The quantitative estimate of drug-likeness (QED) is 0.559. The molecule has 4 heteroatoms. The standard InChI is InChI=1S/C20H21BO2S/c1-13(21-22-19(2,3)20(4,5)23-21)14-10-11-16-15-8-6-7-9-17(15)24-18(16)12-14/h6-12H,1H2,2-5H3. The van der Waals surface area contributed by atoms with Gasteiger partial charge in [-0.3, -0.25) is 0 Å². The van der Waals surface area contributed by atoms with Gasteiger partial charge in [0.05, 0.1) is 11.2 Å². The Hall–Kier alpha value is -1.62. The van der Waals surface area contributed by atoms with E-state index in [1.807, 2.05) is 11.3 Å². The van der Waals surface area contributed by atoms with Crippen LogP contribution in [-0.4, -0.2) is 18.3 Å². The predicted octanol–water partition coefficient (Wildman–Crippen LogP) is 5.70. The van der Waals surface area contributed by atoms with Gasteiger partial charge in [0, 0.05) is 20.2 Å². The van der Waals surface area contributed by atoms with E-state index in [0.717, 1.165) is 11.0 Å². The molecule has 122 valence electrons. The Morgan fingerprint density at radius 3 is 2.25 bits per heavy atom. The van der Waals surface area contributed by atoms with Gasteiger partial charge in [0.1, 0.15) is 0 Å². The SMILES string of the molecule is C=C(B1OC(C)(C)C(C)(C)O1)c1ccc2c(c1)sc1ccccc12. The molecule has 0 bridgehead atoms. The molecule has 0 N–H and O–H groups in total. The molecular weight excluding hydrogens is 315 g/mol. The van der Waals surface area contributed by atoms with E-state index in [9.17, 15) is 0 Å². The van der Waals surface area contributed by atoms with E-state index < -0.39 is 7.12 Å². The minimum Gasteiger partial charge on any atom is -0.399 e. The summed E-state index contributed by atoms with van der Waals surface area (Å²) in [7, 11) is -0.401. The van der Waals surface area contributed by atoms with Crippen LogP contribution in [0.4, 0.5) is 0 Å². The second kappa shape index (κ2) is 5.19. The number of thiophene rings is 1. The van der Waals surface area contributed by atoms with Crippen molar-refractivity contribution in [2.75, 3.05) is 0 Å². The van der Waals surface area contributed by atoms with E-state index in [1.165, 1.54) is 20.2 Å². The zero-order chi connectivity index (χ0) is 17.1. The Bertz CT molecular complexity index is 939. The molecule has 0 atom stereocenters. The number of hydrogen-bond donors (Lipinski definition) is 0. The summed E-state index contributed by atoms with van der Waals surface area (Å²) in [5.41, 5.74) is 1.27. The fourth-order valence-electron chi connectivity index (χ4n) is 3.05. The average Bonchev–Trinajstić information content (AvgIpc) is 3.00. The Morgan fingerprint density at radius 1 is 0.917 bits per heavy atom. The van der Waals surface area contributed by atoms with Gasteiger partial charge in [-0.1, -0.05) is 36.9 Å². The highest BCUT2D eigenvalue weighted by atomic mass is 32.1. The summed E-state index contributed by atoms with van der Waals surface area (Å²) in [4.78, 5) is 0. The lowest BCUT2D eigenvalue weighted by Gasteiger charge is -2.32. The molecule has 1 fully saturated rings. The van der Waals surface area contributed by atoms with Crippen molar-refractivity contribution < 1.29 is 9.31 Å². The van der Waals surface area contributed by atoms with Crippen LogP contribution in [0.5, 0.6) is 0 Å². The van der Waals surface area contributed by atoms with Crippen LogP contribution < -0.4 is 0 Å². The summed E-state index contributed by atoms with van der Waals surface area (Å²) in [6.07, 6.45) is 0. The third-order valence-corrected chi connectivity index (χ3v) is 6.42. The third kappa shape index (κ3) is 2.33. The van der Waals surface area contributed by atoms with Crippen molar-refractivity contribution in [1.29, 1.82) is 0 Å². The lowest BCUT2D eigenvalue weighted by atomic mass is 9.75. The fourth-order valence-corrected chi connectivity index (χ4v) is 4.19. The van der Waals surface area contributed by atoms with Crippen LogP contribution in [0.15, 0.2) is 49.0 Å². The molecule has 1 aromatic heterocycles. The summed E-state index contributed by atoms with van der Waals surface area (Å²) < 4.78 is 14.8. The summed E-state index contributed by atoms with van der Waals surface area (Å²) in [5.74, 6) is 0. The van der Waals surface area contributed by atoms with Gasteiger partial charge in [0.2, 0.25) is 0 Å². The molecule has 0 unspecified atom stereocenters. The first kappa shape index (κ1) is 15.9. The number of rotatable bonds is 2. The number of fused-ring (bicyclic) bond motifs is 3. The van der Waals surface area contributed by atoms with Crippen molar-refractivity contribution in [3.8, 4) is 0 Å². The smallest absolute Gasteiger partial charge is 0.399 e. The first-order valence-corrected chi connectivity index (χ1v) is 9.06. The van der Waals surface area contributed by atoms with E-state index in [0.29, 0.717) is 0 Å². The van der Waals surface area contributed by atoms with Crippen molar-refractivity contribution in [1.82, 2.24) is 0 Å². The third-order valence-electron chi connectivity index (χ3n) is 5.29. The molecule has 0 amide bonds. The number of benzene rings is 2. The lowest BCUT2D eigenvalue weighted by Crippen LogP contribution is -2.41. The summed E-state index contributed by atoms with van der Waals surface area (Å²) in [6.45, 7) is 12.5. The Balaban J connectivity index is 1.72. The van der Waals surface area contributed by atoms with Gasteiger partial charge in [0.15, 0.2) is 0 Å². The highest BCUT2D eigenvalue weighted by molar-refractivity contribution is 7.25. The van der Waals surface area contributed by atoms with Crippen LogP contribution in [0.1, 0.15) is 33.3 Å². The van der Waals surface area contributed by atoms with Crippen LogP contribution in [0.25, 0.3) is 25.6 Å². The first-order valence-electron chi connectivity index (χ1n) is 8.25. The Morgan fingerprint density at radius 2 is 1.54 bits per heavy atom. The summed E-state index contributed by atoms with van der Waals surface area (Å²) in [5, 5.41) is 2.60. The lowest BCUT2D eigenvalue weighted by molar-refractivity contribution is 0.00578. The minimum absolute atomic E-state index is 0.345. The molecule has 1 saturated heterocycles. The van der Waals surface area contributed by atoms with Crippen molar-refractivity contribution in [3.63, 3.8) is 0 Å². The van der Waals surface area contributed by atoms with E-state index >= 15 is 0 Å². The van der Waals surface area contributed by atoms with Gasteiger partial charge in [-0.25, -0.2) is 0 Å². The van der Waals surface area contributed by atoms with Gasteiger partial charge in [-0.15, -0.1) is 11.3 Å². The maximum absolute atomic E-state index is 6.13. The summed E-state index contributed by atoms with van der Waals surface area (Å²) >= 11 is 1.81. The van der Waals surface area contributed by atoms with Gasteiger partial charge < -0.3 is 9.31 Å². The van der Waals surface area contributed by atoms with Crippen LogP contribution in [-0.2, 0) is 9.31 Å². The highest BCUT2D eigenvalue weighted by Gasteiger charge is 2.52. The molecule has 0 radical (unpaired) electrons. The first-order chi connectivity index (χ1) is 11.3. The molecule has 0 spiro atoms. The van der Waals surface area contributed by atoms with Crippen LogP contribution in [0.2, 0.25) is 0 Å². The van der Waals surface area contributed by atoms with E-state index in [4.69, 9.17) is 9.31 Å². The molecule has 4 rings (SSSR count). The molecule has 1 aliphatic heterocycles. The zero-order valence-electron chi connectivity index (χ0n) is 14.6. The summed E-state index contributed by atoms with van der Waals surface area (Å²) in [6, 6.07) is 15.0. The van der Waals surface area contributed by atoms with Crippen molar-refractivity contribution in [2.24, 2.45) is 0 Å². The second-order valence-electron chi connectivity index (χ2n) is 7.42. The molecule has 2 heterocycles. The monoisotopic (exact) mass is 336 g/mol. The van der Waals surface area contributed by atoms with Crippen LogP contribution >= 0.6 is 11.3 Å². The average molecular weight is 336 g/mol. The Kier molecular flexibility index (Phi) is 3.43. The topological polar surface area (TPSA) is 18.5 Å². The fraction of sp³-hybridized carbons (Fsp3) is 0.300. The predicted molar refractivity (Wildman–Crippen MR) is 104 cm³/mol. The second-order valence-corrected chi connectivity index (χ2v) is 8.51. The maximum atomic E-state index is 6.13. The van der Waals surface area contributed by atoms with E-state index in [-0.39, 0.29) is 11.2 Å². The van der Waals surface area contributed by atoms with Gasteiger partial charge in [-0.2, -0.15) is 0 Å². The molecule has 24 heavy (non-hydrogen) atoms. The van der Waals surface area contributed by atoms with Crippen molar-refractivity contribution in [3.05, 3.63) is 54.6 Å².